The molecule has 0 atom stereocenters. The third-order valence-electron chi connectivity index (χ3n) is 13.6. The van der Waals surface area contributed by atoms with Gasteiger partial charge in [0.05, 0.1) is 25.0 Å². The van der Waals surface area contributed by atoms with Gasteiger partial charge in [-0.2, -0.15) is 33.7 Å². The van der Waals surface area contributed by atoms with Crippen molar-refractivity contribution in [1.29, 1.82) is 0 Å². The lowest BCUT2D eigenvalue weighted by Crippen LogP contribution is -2.06. The Labute approximate surface area is 438 Å². The second kappa shape index (κ2) is 17.7. The Hall–Kier alpha value is -8.28. The van der Waals surface area contributed by atoms with Crippen LogP contribution in [0.2, 0.25) is 0 Å². The van der Waals surface area contributed by atoms with Gasteiger partial charge in [0.25, 0.3) is 0 Å². The second-order valence-electron chi connectivity index (χ2n) is 18.8. The van der Waals surface area contributed by atoms with Gasteiger partial charge in [-0.05, 0) is 159 Å². The number of hydrogen-bond acceptors (Lipinski definition) is 12. The number of benzene rings is 12. The van der Waals surface area contributed by atoms with Gasteiger partial charge in [0, 0.05) is 21.5 Å². The topological polar surface area (TPSA) is 173 Å². The highest BCUT2D eigenvalue weighted by Crippen LogP contribution is 2.52. The summed E-state index contributed by atoms with van der Waals surface area (Å²) >= 11 is 0. The van der Waals surface area contributed by atoms with Crippen molar-refractivity contribution in [2.24, 2.45) is 0 Å². The molecule has 0 radical (unpaired) electrons. The summed E-state index contributed by atoms with van der Waals surface area (Å²) in [6.07, 6.45) is 4.01. The van der Waals surface area contributed by atoms with Crippen LogP contribution in [0.3, 0.4) is 0 Å². The Kier molecular flexibility index (Phi) is 11.3. The predicted octanol–water partition coefficient (Wildman–Crippen LogP) is 13.2. The van der Waals surface area contributed by atoms with Gasteiger partial charge < -0.3 is 16.7 Å². The fourth-order valence-corrected chi connectivity index (χ4v) is 12.7. The molecule has 0 spiro atoms. The third-order valence-corrected chi connectivity index (χ3v) is 15.5. The lowest BCUT2D eigenvalue weighted by atomic mass is 9.80. The number of hydrogen-bond donors (Lipinski definition) is 0. The monoisotopic (exact) mass is 1080 g/mol. The van der Waals surface area contributed by atoms with Gasteiger partial charge in [-0.15, -0.1) is 0 Å². The highest BCUT2D eigenvalue weighted by atomic mass is 32.2. The zero-order chi connectivity index (χ0) is 53.1. The van der Waals surface area contributed by atoms with Crippen LogP contribution >= 0.6 is 0 Å². The van der Waals surface area contributed by atoms with Crippen molar-refractivity contribution in [3.05, 3.63) is 182 Å². The molecule has 0 saturated heterocycles. The minimum absolute atomic E-state index is 0.168. The van der Waals surface area contributed by atoms with Crippen molar-refractivity contribution in [1.82, 2.24) is 0 Å². The molecule has 12 aromatic carbocycles. The van der Waals surface area contributed by atoms with Gasteiger partial charge in [-0.1, -0.05) is 121 Å². The van der Waals surface area contributed by atoms with E-state index >= 15 is 0 Å². The van der Waals surface area contributed by atoms with Crippen LogP contribution in [-0.4, -0.2) is 58.7 Å². The first-order valence-corrected chi connectivity index (χ1v) is 30.9. The smallest absolute Gasteiger partial charge is 0.306 e. The quantitative estimate of drug-likeness (QED) is 0.0838. The van der Waals surface area contributed by atoms with Crippen LogP contribution in [0.15, 0.2) is 182 Å². The van der Waals surface area contributed by atoms with Gasteiger partial charge in [-0.25, -0.2) is 0 Å². The van der Waals surface area contributed by atoms with Gasteiger partial charge in [0.15, 0.2) is 0 Å². The largest absolute Gasteiger partial charge is 0.382 e. The Morgan fingerprint density at radius 2 is 0.421 bits per heavy atom. The minimum atomic E-state index is -3.91. The first-order valence-electron chi connectivity index (χ1n) is 23.6. The molecule has 16 heteroatoms. The molecule has 12 aromatic rings. The molecular formula is C60H42O12S4. The lowest BCUT2D eigenvalue weighted by Gasteiger charge is -2.23. The van der Waals surface area contributed by atoms with Crippen LogP contribution in [0.4, 0.5) is 0 Å². The molecule has 0 N–H and O–H groups in total. The molecule has 0 amide bonds. The molecule has 0 saturated carbocycles. The Balaban J connectivity index is 1.26. The van der Waals surface area contributed by atoms with Crippen molar-refractivity contribution in [2.75, 3.05) is 25.0 Å². The molecule has 0 aliphatic rings. The lowest BCUT2D eigenvalue weighted by molar-refractivity contribution is 0.494. The van der Waals surface area contributed by atoms with Crippen molar-refractivity contribution in [3.8, 4) is 67.5 Å². The Bertz CT molecular complexity index is 4320. The molecule has 0 aliphatic heterocycles. The standard InChI is InChI=1S/C60H42O12S4/c1-73(61,62)69-55-29-25-39(35-13-5-9-17-43(35)55)51-33-52(40-26-30-56(70-74(2,63)64)44-18-10-6-14-36(40)44)48-23-24-50-54(42-28-32-58(72-76(4,67)68)46-20-12-8-16-38(42)46)34-53(49-22-21-47(51)59(48)60(49)50)41-27-31-57(71-75(3,65)66)45-19-11-7-15-37(41)45/h5-34H,1-4H3. The normalized spacial score (nSPS) is 12.6. The summed E-state index contributed by atoms with van der Waals surface area (Å²) < 4.78 is 123. The molecule has 0 heterocycles. The average molecular weight is 1080 g/mol. The summed E-state index contributed by atoms with van der Waals surface area (Å²) in [6.45, 7) is 0. The first-order chi connectivity index (χ1) is 36.2. The summed E-state index contributed by atoms with van der Waals surface area (Å²) in [5, 5.41) is 10.3. The highest BCUT2D eigenvalue weighted by molar-refractivity contribution is 7.87. The van der Waals surface area contributed by atoms with Crippen LogP contribution < -0.4 is 16.7 Å². The van der Waals surface area contributed by atoms with E-state index in [-0.39, 0.29) is 23.0 Å². The summed E-state index contributed by atoms with van der Waals surface area (Å²) in [4.78, 5) is 0. The third kappa shape index (κ3) is 8.72. The highest BCUT2D eigenvalue weighted by Gasteiger charge is 2.26. The van der Waals surface area contributed by atoms with Gasteiger partial charge in [0.1, 0.15) is 23.0 Å². The summed E-state index contributed by atoms with van der Waals surface area (Å²) in [5.41, 5.74) is 6.29. The molecule has 0 bridgehead atoms. The second-order valence-corrected chi connectivity index (χ2v) is 25.1. The molecule has 76 heavy (non-hydrogen) atoms. The maximum absolute atomic E-state index is 12.6. The molecule has 378 valence electrons. The summed E-state index contributed by atoms with van der Waals surface area (Å²) in [5.74, 6) is 0.674. The van der Waals surface area contributed by atoms with Crippen molar-refractivity contribution >= 4 is 116 Å². The molecule has 12 rings (SSSR count). The zero-order valence-electron chi connectivity index (χ0n) is 40.9. The first kappa shape index (κ1) is 48.6. The van der Waals surface area contributed by atoms with Crippen LogP contribution in [-0.2, 0) is 40.5 Å². The molecule has 12 nitrogen and oxygen atoms in total. The van der Waals surface area contributed by atoms with E-state index in [4.69, 9.17) is 16.7 Å². The maximum Gasteiger partial charge on any atom is 0.306 e. The van der Waals surface area contributed by atoms with E-state index in [0.29, 0.717) is 21.5 Å². The average Bonchev–Trinajstić information content (AvgIpc) is 3.39. The summed E-state index contributed by atoms with van der Waals surface area (Å²) in [6, 6.07) is 56.4. The SMILES string of the molecule is CS(=O)(=O)Oc1ccc(-c2cc(-c3ccc(OS(C)(=O)=O)c4ccccc34)c3ccc4c(-c5ccc(OS(C)(=O)=O)c6ccccc56)cc(-c5ccc(OS(C)(=O)=O)c6ccccc56)c5ccc2c3c54)c2ccccc12. The van der Waals surface area contributed by atoms with E-state index in [1.165, 1.54) is 0 Å². The van der Waals surface area contributed by atoms with Gasteiger partial charge in [-0.3, -0.25) is 0 Å². The summed E-state index contributed by atoms with van der Waals surface area (Å²) in [7, 11) is -15.6. The van der Waals surface area contributed by atoms with Gasteiger partial charge in [0.2, 0.25) is 0 Å². The maximum atomic E-state index is 12.6. The molecule has 0 aliphatic carbocycles. The minimum Gasteiger partial charge on any atom is -0.382 e. The van der Waals surface area contributed by atoms with Crippen molar-refractivity contribution in [3.63, 3.8) is 0 Å². The molecule has 0 unspecified atom stereocenters. The van der Waals surface area contributed by atoms with Crippen LogP contribution in [0, 0.1) is 0 Å². The molecular weight excluding hydrogens is 1040 g/mol. The Morgan fingerprint density at radius 3 is 0.618 bits per heavy atom. The van der Waals surface area contributed by atoms with E-state index in [2.05, 4.69) is 36.4 Å². The van der Waals surface area contributed by atoms with Crippen LogP contribution in [0.5, 0.6) is 23.0 Å². The molecule has 0 fully saturated rings. The van der Waals surface area contributed by atoms with Crippen LogP contribution in [0.25, 0.3) is 120 Å². The van der Waals surface area contributed by atoms with E-state index < -0.39 is 40.5 Å². The van der Waals surface area contributed by atoms with E-state index in [9.17, 15) is 33.7 Å². The number of fused-ring (bicyclic) bond motifs is 4. The fraction of sp³-hybridized carbons (Fsp3) is 0.0667. The number of rotatable bonds is 12. The molecule has 0 aromatic heterocycles. The van der Waals surface area contributed by atoms with Gasteiger partial charge >= 0.3 is 40.5 Å². The Morgan fingerprint density at radius 1 is 0.224 bits per heavy atom. The van der Waals surface area contributed by atoms with E-state index in [1.54, 1.807) is 24.3 Å². The van der Waals surface area contributed by atoms with E-state index in [1.807, 2.05) is 121 Å². The van der Waals surface area contributed by atoms with Crippen LogP contribution in [0.1, 0.15) is 0 Å². The van der Waals surface area contributed by atoms with E-state index in [0.717, 1.165) is 123 Å². The van der Waals surface area contributed by atoms with Crippen molar-refractivity contribution in [2.45, 2.75) is 0 Å². The fourth-order valence-electron chi connectivity index (χ4n) is 10.9. The predicted molar refractivity (Wildman–Crippen MR) is 304 cm³/mol. The zero-order valence-corrected chi connectivity index (χ0v) is 44.1. The van der Waals surface area contributed by atoms with Crippen molar-refractivity contribution < 1.29 is 50.4 Å².